The van der Waals surface area contributed by atoms with E-state index in [1.54, 1.807) is 21.3 Å². The highest BCUT2D eigenvalue weighted by Gasteiger charge is 2.22. The maximum Gasteiger partial charge on any atom is 0.203 e. The molecule has 0 aromatic heterocycles. The van der Waals surface area contributed by atoms with Crippen LogP contribution in [0.25, 0.3) is 0 Å². The van der Waals surface area contributed by atoms with Crippen molar-refractivity contribution in [3.05, 3.63) is 17.7 Å². The molecule has 22 heavy (non-hydrogen) atoms. The number of benzene rings is 1. The Morgan fingerprint density at radius 3 is 2.14 bits per heavy atom. The summed E-state index contributed by atoms with van der Waals surface area (Å²) in [5.74, 6) is 2.02. The van der Waals surface area contributed by atoms with E-state index in [1.807, 2.05) is 19.1 Å². The number of aliphatic hydroxyl groups excluding tert-OH is 1. The summed E-state index contributed by atoms with van der Waals surface area (Å²) < 4.78 is 16.3. The summed E-state index contributed by atoms with van der Waals surface area (Å²) in [5.41, 5.74) is 1.07. The van der Waals surface area contributed by atoms with E-state index in [-0.39, 0.29) is 6.23 Å². The van der Waals surface area contributed by atoms with Crippen LogP contribution in [0.1, 0.15) is 12.5 Å². The molecule has 1 fully saturated rings. The van der Waals surface area contributed by atoms with Gasteiger partial charge in [0.05, 0.1) is 21.3 Å². The maximum absolute atomic E-state index is 9.62. The van der Waals surface area contributed by atoms with E-state index < -0.39 is 0 Å². The molecule has 1 unspecified atom stereocenters. The van der Waals surface area contributed by atoms with E-state index >= 15 is 0 Å². The van der Waals surface area contributed by atoms with Crippen LogP contribution in [0.3, 0.4) is 0 Å². The van der Waals surface area contributed by atoms with Gasteiger partial charge in [0.15, 0.2) is 11.5 Å². The van der Waals surface area contributed by atoms with Crippen molar-refractivity contribution in [2.24, 2.45) is 0 Å². The van der Waals surface area contributed by atoms with E-state index in [2.05, 4.69) is 9.80 Å². The molecule has 2 rings (SSSR count). The predicted octanol–water partition coefficient (Wildman–Crippen LogP) is 1.17. The molecule has 1 N–H and O–H groups in total. The van der Waals surface area contributed by atoms with Crippen LogP contribution in [0.4, 0.5) is 0 Å². The Hall–Kier alpha value is -1.50. The third-order valence-corrected chi connectivity index (χ3v) is 4.12. The topological polar surface area (TPSA) is 54.4 Å². The van der Waals surface area contributed by atoms with Crippen LogP contribution in [0.5, 0.6) is 17.2 Å². The van der Waals surface area contributed by atoms with Crippen molar-refractivity contribution in [2.45, 2.75) is 19.7 Å². The summed E-state index contributed by atoms with van der Waals surface area (Å²) in [6.07, 6.45) is -0.377. The minimum atomic E-state index is -0.377. The van der Waals surface area contributed by atoms with E-state index in [0.717, 1.165) is 44.0 Å². The molecule has 1 aliphatic rings. The van der Waals surface area contributed by atoms with Crippen molar-refractivity contribution >= 4 is 0 Å². The number of ether oxygens (including phenoxy) is 3. The first-order valence-corrected chi connectivity index (χ1v) is 7.53. The first-order chi connectivity index (χ1) is 10.6. The van der Waals surface area contributed by atoms with Crippen LogP contribution in [-0.2, 0) is 6.54 Å². The van der Waals surface area contributed by atoms with Gasteiger partial charge in [-0.3, -0.25) is 9.80 Å². The number of methoxy groups -OCH3 is 3. The van der Waals surface area contributed by atoms with Gasteiger partial charge < -0.3 is 19.3 Å². The molecule has 1 atom stereocenters. The van der Waals surface area contributed by atoms with Gasteiger partial charge >= 0.3 is 0 Å². The summed E-state index contributed by atoms with van der Waals surface area (Å²) in [5, 5.41) is 9.62. The second kappa shape index (κ2) is 7.67. The lowest BCUT2D eigenvalue weighted by atomic mass is 10.1. The fourth-order valence-electron chi connectivity index (χ4n) is 2.82. The molecule has 1 aromatic carbocycles. The molecule has 6 nitrogen and oxygen atoms in total. The Balaban J connectivity index is 2.10. The number of hydrogen-bond acceptors (Lipinski definition) is 6. The SMILES string of the molecule is COc1ccc(CN2CCN(C(C)O)CC2)c(OC)c1OC. The molecular weight excluding hydrogens is 284 g/mol. The molecule has 0 bridgehead atoms. The predicted molar refractivity (Wildman–Crippen MR) is 84.6 cm³/mol. The Kier molecular flexibility index (Phi) is 5.88. The minimum Gasteiger partial charge on any atom is -0.493 e. The molecule has 0 amide bonds. The Morgan fingerprint density at radius 2 is 1.64 bits per heavy atom. The monoisotopic (exact) mass is 310 g/mol. The molecule has 1 heterocycles. The molecule has 0 spiro atoms. The summed E-state index contributed by atoms with van der Waals surface area (Å²) in [6, 6.07) is 3.92. The summed E-state index contributed by atoms with van der Waals surface area (Å²) in [4.78, 5) is 4.42. The van der Waals surface area contributed by atoms with E-state index in [1.165, 1.54) is 0 Å². The van der Waals surface area contributed by atoms with Gasteiger partial charge in [-0.2, -0.15) is 0 Å². The molecule has 1 saturated heterocycles. The largest absolute Gasteiger partial charge is 0.493 e. The summed E-state index contributed by atoms with van der Waals surface area (Å²) >= 11 is 0. The third kappa shape index (κ3) is 3.63. The zero-order chi connectivity index (χ0) is 16.1. The molecule has 124 valence electrons. The number of nitrogens with zero attached hydrogens (tertiary/aromatic N) is 2. The lowest BCUT2D eigenvalue weighted by Gasteiger charge is -2.36. The molecule has 1 aliphatic heterocycles. The highest BCUT2D eigenvalue weighted by Crippen LogP contribution is 2.40. The molecular formula is C16H26N2O4. The van der Waals surface area contributed by atoms with Crippen molar-refractivity contribution in [3.63, 3.8) is 0 Å². The molecule has 1 aromatic rings. The minimum absolute atomic E-state index is 0.377. The highest BCUT2D eigenvalue weighted by molar-refractivity contribution is 5.55. The number of piperazine rings is 1. The van der Waals surface area contributed by atoms with Crippen LogP contribution >= 0.6 is 0 Å². The second-order valence-electron chi connectivity index (χ2n) is 5.44. The summed E-state index contributed by atoms with van der Waals surface area (Å²) in [6.45, 7) is 6.18. The van der Waals surface area contributed by atoms with Gasteiger partial charge in [0.2, 0.25) is 5.75 Å². The van der Waals surface area contributed by atoms with Crippen LogP contribution < -0.4 is 14.2 Å². The van der Waals surface area contributed by atoms with E-state index in [4.69, 9.17) is 14.2 Å². The Labute approximate surface area is 132 Å². The fraction of sp³-hybridized carbons (Fsp3) is 0.625. The summed E-state index contributed by atoms with van der Waals surface area (Å²) in [7, 11) is 4.88. The van der Waals surface area contributed by atoms with E-state index in [0.29, 0.717) is 11.5 Å². The van der Waals surface area contributed by atoms with Crippen molar-refractivity contribution < 1.29 is 19.3 Å². The number of hydrogen-bond donors (Lipinski definition) is 1. The van der Waals surface area contributed by atoms with Gasteiger partial charge in [-0.15, -0.1) is 0 Å². The molecule has 0 aliphatic carbocycles. The first-order valence-electron chi connectivity index (χ1n) is 7.53. The highest BCUT2D eigenvalue weighted by atomic mass is 16.5. The second-order valence-corrected chi connectivity index (χ2v) is 5.44. The smallest absolute Gasteiger partial charge is 0.203 e. The van der Waals surface area contributed by atoms with Crippen molar-refractivity contribution in [1.82, 2.24) is 9.80 Å². The first kappa shape index (κ1) is 16.9. The van der Waals surface area contributed by atoms with Crippen LogP contribution in [-0.4, -0.2) is 68.6 Å². The number of aliphatic hydroxyl groups is 1. The lowest BCUT2D eigenvalue weighted by Crippen LogP contribution is -2.49. The van der Waals surface area contributed by atoms with Crippen LogP contribution in [0.15, 0.2) is 12.1 Å². The fourth-order valence-corrected chi connectivity index (χ4v) is 2.82. The lowest BCUT2D eigenvalue weighted by molar-refractivity contribution is -0.0143. The zero-order valence-corrected chi connectivity index (χ0v) is 13.8. The van der Waals surface area contributed by atoms with Gasteiger partial charge in [0.1, 0.15) is 6.23 Å². The van der Waals surface area contributed by atoms with Crippen LogP contribution in [0, 0.1) is 0 Å². The zero-order valence-electron chi connectivity index (χ0n) is 13.8. The van der Waals surface area contributed by atoms with Crippen molar-refractivity contribution in [1.29, 1.82) is 0 Å². The quantitative estimate of drug-likeness (QED) is 0.851. The van der Waals surface area contributed by atoms with Crippen molar-refractivity contribution in [2.75, 3.05) is 47.5 Å². The van der Waals surface area contributed by atoms with Gasteiger partial charge in [-0.1, -0.05) is 6.07 Å². The normalized spacial score (nSPS) is 18.0. The maximum atomic E-state index is 9.62. The average molecular weight is 310 g/mol. The molecule has 0 radical (unpaired) electrons. The molecule has 0 saturated carbocycles. The van der Waals surface area contributed by atoms with Gasteiger partial charge in [-0.05, 0) is 13.0 Å². The average Bonchev–Trinajstić information content (AvgIpc) is 2.54. The third-order valence-electron chi connectivity index (χ3n) is 4.12. The van der Waals surface area contributed by atoms with Crippen molar-refractivity contribution in [3.8, 4) is 17.2 Å². The standard InChI is InChI=1S/C16H26N2O4/c1-12(19)18-9-7-17(8-10-18)11-13-5-6-14(20-2)16(22-4)15(13)21-3/h5-6,12,19H,7-11H2,1-4H3. The van der Waals surface area contributed by atoms with Gasteiger partial charge in [0, 0.05) is 38.3 Å². The van der Waals surface area contributed by atoms with Gasteiger partial charge in [-0.25, -0.2) is 0 Å². The van der Waals surface area contributed by atoms with Gasteiger partial charge in [0.25, 0.3) is 0 Å². The molecule has 6 heteroatoms. The number of rotatable bonds is 6. The van der Waals surface area contributed by atoms with Crippen LogP contribution in [0.2, 0.25) is 0 Å². The Bertz CT molecular complexity index is 485. The van der Waals surface area contributed by atoms with E-state index in [9.17, 15) is 5.11 Å². The Morgan fingerprint density at radius 1 is 1.00 bits per heavy atom.